The van der Waals surface area contributed by atoms with E-state index in [1.165, 1.54) is 12.1 Å². The van der Waals surface area contributed by atoms with E-state index in [-0.39, 0.29) is 0 Å². The molecule has 0 fully saturated rings. The molecule has 0 amide bonds. The summed E-state index contributed by atoms with van der Waals surface area (Å²) in [5, 5.41) is 7.05. The van der Waals surface area contributed by atoms with Gasteiger partial charge in [-0.1, -0.05) is 6.58 Å². The lowest BCUT2D eigenvalue weighted by atomic mass is 10.3. The van der Waals surface area contributed by atoms with Gasteiger partial charge in [0, 0.05) is 30.2 Å². The van der Waals surface area contributed by atoms with Gasteiger partial charge in [0.2, 0.25) is 9.84 Å². The maximum absolute atomic E-state index is 12.4. The van der Waals surface area contributed by atoms with Crippen LogP contribution in [0.1, 0.15) is 5.56 Å². The van der Waals surface area contributed by atoms with E-state index in [1.54, 1.807) is 23.3 Å². The third-order valence-corrected chi connectivity index (χ3v) is 4.15. The molecule has 112 valence electrons. The van der Waals surface area contributed by atoms with Gasteiger partial charge in [-0.25, -0.2) is 13.1 Å². The van der Waals surface area contributed by atoms with Gasteiger partial charge in [-0.2, -0.15) is 13.9 Å². The number of aromatic nitrogens is 2. The minimum atomic E-state index is -4.55. The quantitative estimate of drug-likeness (QED) is 0.890. The van der Waals surface area contributed by atoms with Crippen molar-refractivity contribution in [3.63, 3.8) is 0 Å². The molecule has 0 aliphatic carbocycles. The molecule has 0 saturated carbocycles. The topological polar surface area (TPSA) is 64.0 Å². The van der Waals surface area contributed by atoms with E-state index in [0.717, 1.165) is 17.7 Å². The van der Waals surface area contributed by atoms with Gasteiger partial charge in [0.15, 0.2) is 0 Å². The molecule has 21 heavy (non-hydrogen) atoms. The Morgan fingerprint density at radius 1 is 1.33 bits per heavy atom. The Morgan fingerprint density at radius 2 is 2.00 bits per heavy atom. The second-order valence-corrected chi connectivity index (χ2v) is 6.11. The average Bonchev–Trinajstić information content (AvgIpc) is 2.93. The molecule has 5 nitrogen and oxygen atoms in total. The van der Waals surface area contributed by atoms with Crippen LogP contribution in [0.25, 0.3) is 6.20 Å². The minimum absolute atomic E-state index is 0.400. The number of alkyl halides is 2. The van der Waals surface area contributed by atoms with Gasteiger partial charge in [0.25, 0.3) is 0 Å². The summed E-state index contributed by atoms with van der Waals surface area (Å²) in [4.78, 5) is -0.400. The molecule has 0 radical (unpaired) electrons. The molecule has 0 atom stereocenters. The van der Waals surface area contributed by atoms with Crippen LogP contribution >= 0.6 is 0 Å². The molecule has 0 aliphatic heterocycles. The normalized spacial score (nSPS) is 11.6. The van der Waals surface area contributed by atoms with Crippen LogP contribution in [0.4, 0.5) is 14.5 Å². The standard InChI is InChI=1S/C13H13F2N3O2S/c1-2-18-9-10(8-17-18)7-16-11-3-5-12(6-4-11)21(19,20)13(14)15/h2-6,8-9,13,16H,1,7H2. The monoisotopic (exact) mass is 313 g/mol. The average molecular weight is 313 g/mol. The largest absolute Gasteiger partial charge is 0.381 e. The van der Waals surface area contributed by atoms with Crippen LogP contribution in [0.3, 0.4) is 0 Å². The second kappa shape index (κ2) is 6.04. The zero-order chi connectivity index (χ0) is 15.5. The van der Waals surface area contributed by atoms with Crippen LogP contribution in [0, 0.1) is 0 Å². The van der Waals surface area contributed by atoms with Crippen molar-refractivity contribution < 1.29 is 17.2 Å². The molecule has 0 aliphatic rings. The predicted octanol–water partition coefficient (Wildman–Crippen LogP) is 2.59. The number of halogens is 2. The predicted molar refractivity (Wildman–Crippen MR) is 75.6 cm³/mol. The summed E-state index contributed by atoms with van der Waals surface area (Å²) >= 11 is 0. The first-order chi connectivity index (χ1) is 9.93. The first-order valence-electron chi connectivity index (χ1n) is 5.95. The smallest absolute Gasteiger partial charge is 0.341 e. The van der Waals surface area contributed by atoms with Crippen LogP contribution in [0.2, 0.25) is 0 Å². The number of hydrogen-bond donors (Lipinski definition) is 1. The zero-order valence-electron chi connectivity index (χ0n) is 10.9. The Hall–Kier alpha value is -2.22. The molecule has 1 aromatic heterocycles. The molecule has 0 saturated heterocycles. The van der Waals surface area contributed by atoms with Gasteiger partial charge in [-0.3, -0.25) is 0 Å². The van der Waals surface area contributed by atoms with Crippen LogP contribution < -0.4 is 5.32 Å². The number of hydrogen-bond acceptors (Lipinski definition) is 4. The van der Waals surface area contributed by atoms with Crippen LogP contribution in [0.15, 0.2) is 48.1 Å². The van der Waals surface area contributed by atoms with Gasteiger partial charge in [0.05, 0.1) is 11.1 Å². The second-order valence-electron chi connectivity index (χ2n) is 4.19. The molecule has 1 N–H and O–H groups in total. The Bertz CT molecular complexity index is 724. The molecule has 1 aromatic carbocycles. The maximum Gasteiger partial charge on any atom is 0.341 e. The fraction of sp³-hybridized carbons (Fsp3) is 0.154. The van der Waals surface area contributed by atoms with E-state index in [1.807, 2.05) is 0 Å². The number of benzene rings is 1. The Balaban J connectivity index is 2.04. The molecule has 8 heteroatoms. The minimum Gasteiger partial charge on any atom is -0.381 e. The molecular formula is C13H13F2N3O2S. The highest BCUT2D eigenvalue weighted by molar-refractivity contribution is 7.91. The molecule has 0 unspecified atom stereocenters. The maximum atomic E-state index is 12.4. The van der Waals surface area contributed by atoms with Crippen molar-refractivity contribution in [2.24, 2.45) is 0 Å². The molecule has 1 heterocycles. The summed E-state index contributed by atoms with van der Waals surface area (Å²) < 4.78 is 48.9. The summed E-state index contributed by atoms with van der Waals surface area (Å²) in [5.41, 5.74) is 1.52. The van der Waals surface area contributed by atoms with Crippen LogP contribution in [0.5, 0.6) is 0 Å². The van der Waals surface area contributed by atoms with Gasteiger partial charge in [-0.05, 0) is 24.3 Å². The fourth-order valence-corrected chi connectivity index (χ4v) is 2.36. The highest BCUT2D eigenvalue weighted by Crippen LogP contribution is 2.20. The summed E-state index contributed by atoms with van der Waals surface area (Å²) in [6, 6.07) is 5.17. The number of sulfone groups is 1. The summed E-state index contributed by atoms with van der Waals surface area (Å²) in [6.07, 6.45) is 4.98. The van der Waals surface area contributed by atoms with Gasteiger partial charge < -0.3 is 5.32 Å². The Morgan fingerprint density at radius 3 is 2.52 bits per heavy atom. The summed E-state index contributed by atoms with van der Waals surface area (Å²) in [5.74, 6) is -3.42. The van der Waals surface area contributed by atoms with E-state index < -0.39 is 20.5 Å². The van der Waals surface area contributed by atoms with Gasteiger partial charge >= 0.3 is 5.76 Å². The van der Waals surface area contributed by atoms with Gasteiger partial charge in [0.1, 0.15) is 0 Å². The van der Waals surface area contributed by atoms with Crippen molar-refractivity contribution in [3.8, 4) is 0 Å². The number of anilines is 1. The number of rotatable bonds is 6. The molecule has 2 rings (SSSR count). The van der Waals surface area contributed by atoms with Crippen molar-refractivity contribution >= 4 is 21.7 Å². The van der Waals surface area contributed by atoms with Crippen LogP contribution in [-0.4, -0.2) is 24.0 Å². The van der Waals surface area contributed by atoms with Crippen molar-refractivity contribution in [1.82, 2.24) is 9.78 Å². The lowest BCUT2D eigenvalue weighted by Gasteiger charge is -2.07. The Labute approximate surface area is 120 Å². The summed E-state index contributed by atoms with van der Waals surface area (Å²) in [7, 11) is -4.55. The fourth-order valence-electron chi connectivity index (χ4n) is 1.64. The van der Waals surface area contributed by atoms with Crippen molar-refractivity contribution in [2.45, 2.75) is 17.2 Å². The van der Waals surface area contributed by atoms with Crippen molar-refractivity contribution in [1.29, 1.82) is 0 Å². The Kier molecular flexibility index (Phi) is 4.37. The van der Waals surface area contributed by atoms with E-state index >= 15 is 0 Å². The molecule has 0 bridgehead atoms. The third-order valence-electron chi connectivity index (χ3n) is 2.76. The number of nitrogens with zero attached hydrogens (tertiary/aromatic N) is 2. The SMILES string of the molecule is C=Cn1cc(CNc2ccc(S(=O)(=O)C(F)F)cc2)cn1. The third kappa shape index (κ3) is 3.46. The first kappa shape index (κ1) is 15.2. The van der Waals surface area contributed by atoms with Crippen molar-refractivity contribution in [3.05, 3.63) is 48.8 Å². The highest BCUT2D eigenvalue weighted by atomic mass is 32.2. The lowest BCUT2D eigenvalue weighted by molar-refractivity contribution is 0.234. The van der Waals surface area contributed by atoms with E-state index in [2.05, 4.69) is 17.0 Å². The van der Waals surface area contributed by atoms with Gasteiger partial charge in [-0.15, -0.1) is 0 Å². The van der Waals surface area contributed by atoms with E-state index in [9.17, 15) is 17.2 Å². The highest BCUT2D eigenvalue weighted by Gasteiger charge is 2.26. The molecular weight excluding hydrogens is 300 g/mol. The zero-order valence-corrected chi connectivity index (χ0v) is 11.7. The molecule has 2 aromatic rings. The van der Waals surface area contributed by atoms with E-state index in [0.29, 0.717) is 12.2 Å². The van der Waals surface area contributed by atoms with Crippen LogP contribution in [-0.2, 0) is 16.4 Å². The molecule has 0 spiro atoms. The van der Waals surface area contributed by atoms with E-state index in [4.69, 9.17) is 0 Å². The van der Waals surface area contributed by atoms with Crippen molar-refractivity contribution in [2.75, 3.05) is 5.32 Å². The first-order valence-corrected chi connectivity index (χ1v) is 7.49. The number of nitrogens with one attached hydrogen (secondary N) is 1. The lowest BCUT2D eigenvalue weighted by Crippen LogP contribution is -2.11. The summed E-state index contributed by atoms with van der Waals surface area (Å²) in [6.45, 7) is 4.04.